The van der Waals surface area contributed by atoms with Crippen molar-refractivity contribution in [3.8, 4) is 0 Å². The molecule has 0 atom stereocenters. The summed E-state index contributed by atoms with van der Waals surface area (Å²) < 4.78 is 60.3. The zero-order valence-corrected chi connectivity index (χ0v) is 7.63. The van der Waals surface area contributed by atoms with Crippen LogP contribution in [0.5, 0.6) is 0 Å². The lowest BCUT2D eigenvalue weighted by atomic mass is 9.98. The maximum Gasteiger partial charge on any atom is 0.488 e. The van der Waals surface area contributed by atoms with Crippen molar-refractivity contribution in [1.82, 2.24) is 0 Å². The van der Waals surface area contributed by atoms with Crippen LogP contribution in [0.15, 0.2) is 23.1 Å². The van der Waals surface area contributed by atoms with Gasteiger partial charge in [0.2, 0.25) is 0 Å². The van der Waals surface area contributed by atoms with Gasteiger partial charge in [-0.2, -0.15) is 11.8 Å². The van der Waals surface area contributed by atoms with Crippen molar-refractivity contribution in [2.45, 2.75) is 4.90 Å². The topological polar surface area (TPSA) is 0 Å². The zero-order valence-electron chi connectivity index (χ0n) is 6.81. The summed E-state index contributed by atoms with van der Waals surface area (Å²) in [5.41, 5.74) is -1.05. The number of benzene rings is 1. The third kappa shape index (κ3) is 3.57. The second-order valence-electron chi connectivity index (χ2n) is 2.60. The molecule has 0 aliphatic rings. The lowest BCUT2D eigenvalue weighted by molar-refractivity contribution is 0.485. The van der Waals surface area contributed by atoms with Gasteiger partial charge in [-0.25, -0.2) is 8.78 Å². The molecule has 0 aliphatic heterocycles. The molecule has 0 unspecified atom stereocenters. The summed E-state index contributed by atoms with van der Waals surface area (Å²) in [5, 5.41) is 0. The minimum Gasteiger partial charge on any atom is -0.448 e. The van der Waals surface area contributed by atoms with Crippen LogP contribution in [0, 0.1) is 11.6 Å². The van der Waals surface area contributed by atoms with Crippen molar-refractivity contribution in [2.75, 3.05) is 5.65 Å². The number of halogens is 5. The fourth-order valence-corrected chi connectivity index (χ4v) is 1.49. The molecule has 1 aromatic carbocycles. The van der Waals surface area contributed by atoms with Gasteiger partial charge in [-0.3, -0.25) is 0 Å². The van der Waals surface area contributed by atoms with Crippen LogP contribution in [0.2, 0.25) is 0 Å². The van der Waals surface area contributed by atoms with Gasteiger partial charge in [-0.15, -0.1) is 0 Å². The highest BCUT2D eigenvalue weighted by molar-refractivity contribution is 8.00. The molecule has 0 saturated heterocycles. The van der Waals surface area contributed by atoms with Gasteiger partial charge in [0.25, 0.3) is 0 Å². The highest BCUT2D eigenvalue weighted by Crippen LogP contribution is 2.25. The molecule has 0 aromatic heterocycles. The molecule has 14 heavy (non-hydrogen) atoms. The molecule has 0 spiro atoms. The van der Waals surface area contributed by atoms with E-state index in [0.29, 0.717) is 11.8 Å². The smallest absolute Gasteiger partial charge is 0.448 e. The van der Waals surface area contributed by atoms with E-state index in [9.17, 15) is 21.7 Å². The first-order valence-corrected chi connectivity index (χ1v) is 4.66. The van der Waals surface area contributed by atoms with Crippen LogP contribution in [0.1, 0.15) is 0 Å². The molecule has 0 aliphatic carbocycles. The van der Waals surface area contributed by atoms with Crippen LogP contribution < -0.4 is 0 Å². The van der Waals surface area contributed by atoms with E-state index >= 15 is 0 Å². The Kier molecular flexibility index (Phi) is 3.41. The summed E-state index contributed by atoms with van der Waals surface area (Å²) in [6, 6.07) is 2.67. The number of hydrogen-bond donors (Lipinski definition) is 0. The largest absolute Gasteiger partial charge is 0.488 e. The minimum atomic E-state index is -4.90. The van der Waals surface area contributed by atoms with Crippen molar-refractivity contribution >= 4 is 18.7 Å². The average Bonchev–Trinajstić information content (AvgIpc) is 2.06. The van der Waals surface area contributed by atoms with Gasteiger partial charge in [0.15, 0.2) is 11.6 Å². The number of thioether (sulfide) groups is 1. The normalized spacial score (nSPS) is 11.8. The molecule has 78 valence electrons. The Morgan fingerprint density at radius 1 is 1.07 bits per heavy atom. The second kappa shape index (κ2) is 4.21. The van der Waals surface area contributed by atoms with Crippen LogP contribution in [-0.4, -0.2) is 12.6 Å². The van der Waals surface area contributed by atoms with E-state index in [1.54, 1.807) is 0 Å². The van der Waals surface area contributed by atoms with Crippen LogP contribution in [0.25, 0.3) is 0 Å². The third-order valence-corrected chi connectivity index (χ3v) is 2.46. The number of hydrogen-bond acceptors (Lipinski definition) is 1. The predicted octanol–water partition coefficient (Wildman–Crippen LogP) is 3.44. The van der Waals surface area contributed by atoms with E-state index in [1.165, 1.54) is 0 Å². The summed E-state index contributed by atoms with van der Waals surface area (Å²) >= 11 is 0.446. The zero-order chi connectivity index (χ0) is 10.8. The lowest BCUT2D eigenvalue weighted by Gasteiger charge is -2.12. The van der Waals surface area contributed by atoms with E-state index in [4.69, 9.17) is 0 Å². The fourth-order valence-electron chi connectivity index (χ4n) is 0.757. The van der Waals surface area contributed by atoms with E-state index in [0.717, 1.165) is 18.2 Å². The minimum absolute atomic E-state index is 0.0723. The Labute approximate surface area is 81.6 Å². The van der Waals surface area contributed by atoms with Gasteiger partial charge in [-0.05, 0) is 23.9 Å². The summed E-state index contributed by atoms with van der Waals surface area (Å²) in [6.07, 6.45) is 0. The van der Waals surface area contributed by atoms with E-state index in [1.807, 2.05) is 0 Å². The van der Waals surface area contributed by atoms with Crippen molar-refractivity contribution in [3.63, 3.8) is 0 Å². The van der Waals surface area contributed by atoms with Crippen molar-refractivity contribution in [2.24, 2.45) is 0 Å². The highest BCUT2D eigenvalue weighted by atomic mass is 32.2. The Bertz CT molecular complexity index is 324. The SMILES string of the molecule is Fc1ccc(SC[B-](F)(F)F)cc1F. The van der Waals surface area contributed by atoms with Crippen LogP contribution in [-0.2, 0) is 0 Å². The molecule has 0 nitrogen and oxygen atoms in total. The summed E-state index contributed by atoms with van der Waals surface area (Å²) in [7, 11) is 0. The monoisotopic (exact) mass is 227 g/mol. The first-order chi connectivity index (χ1) is 6.38. The fraction of sp³-hybridized carbons (Fsp3) is 0.143. The van der Waals surface area contributed by atoms with Gasteiger partial charge in [0, 0.05) is 4.90 Å². The maximum atomic E-state index is 12.5. The molecule has 0 fully saturated rings. The van der Waals surface area contributed by atoms with Gasteiger partial charge in [0.05, 0.1) is 0 Å². The summed E-state index contributed by atoms with van der Waals surface area (Å²) in [5.74, 6) is -2.20. The second-order valence-corrected chi connectivity index (χ2v) is 3.69. The van der Waals surface area contributed by atoms with E-state index in [-0.39, 0.29) is 4.90 Å². The van der Waals surface area contributed by atoms with Gasteiger partial charge >= 0.3 is 6.98 Å². The predicted molar refractivity (Wildman–Crippen MR) is 46.2 cm³/mol. The van der Waals surface area contributed by atoms with Crippen LogP contribution in [0.4, 0.5) is 21.7 Å². The van der Waals surface area contributed by atoms with Crippen molar-refractivity contribution in [3.05, 3.63) is 29.8 Å². The van der Waals surface area contributed by atoms with Crippen molar-refractivity contribution in [1.29, 1.82) is 0 Å². The summed E-state index contributed by atoms with van der Waals surface area (Å²) in [6.45, 7) is -4.90. The Morgan fingerprint density at radius 2 is 1.71 bits per heavy atom. The molecular formula is C7H5BF5S-. The molecule has 7 heteroatoms. The molecular weight excluding hydrogens is 222 g/mol. The van der Waals surface area contributed by atoms with Gasteiger partial charge in [0.1, 0.15) is 0 Å². The first-order valence-electron chi connectivity index (χ1n) is 3.67. The molecule has 1 rings (SSSR count). The van der Waals surface area contributed by atoms with Crippen LogP contribution in [0.3, 0.4) is 0 Å². The molecule has 0 N–H and O–H groups in total. The standard InChI is InChI=1S/C7H5BF5S/c9-6-2-1-5(3-7(6)10)14-4-8(11,12)13/h1-3H,4H2/q-1. The van der Waals surface area contributed by atoms with Gasteiger partial charge in [-0.1, -0.05) is 0 Å². The van der Waals surface area contributed by atoms with Crippen LogP contribution >= 0.6 is 11.8 Å². The maximum absolute atomic E-state index is 12.5. The average molecular weight is 227 g/mol. The molecule has 0 heterocycles. The third-order valence-electron chi connectivity index (χ3n) is 1.33. The Morgan fingerprint density at radius 3 is 2.21 bits per heavy atom. The quantitative estimate of drug-likeness (QED) is 0.433. The lowest BCUT2D eigenvalue weighted by Crippen LogP contribution is -2.18. The Hall–Kier alpha value is -0.715. The molecule has 0 radical (unpaired) electrons. The number of rotatable bonds is 3. The van der Waals surface area contributed by atoms with Crippen molar-refractivity contribution < 1.29 is 21.7 Å². The first kappa shape index (κ1) is 11.4. The van der Waals surface area contributed by atoms with Gasteiger partial charge < -0.3 is 12.9 Å². The Balaban J connectivity index is 2.65. The van der Waals surface area contributed by atoms with E-state index < -0.39 is 24.3 Å². The molecule has 0 bridgehead atoms. The van der Waals surface area contributed by atoms with E-state index in [2.05, 4.69) is 0 Å². The highest BCUT2D eigenvalue weighted by Gasteiger charge is 2.22. The summed E-state index contributed by atoms with van der Waals surface area (Å²) in [4.78, 5) is 0.0723. The molecule has 0 saturated carbocycles. The molecule has 0 amide bonds. The molecule has 1 aromatic rings.